The van der Waals surface area contributed by atoms with Crippen molar-refractivity contribution in [1.29, 1.82) is 0 Å². The lowest BCUT2D eigenvalue weighted by Gasteiger charge is -2.38. The number of anilines is 1. The average molecular weight is 383 g/mol. The van der Waals surface area contributed by atoms with Crippen molar-refractivity contribution in [2.24, 2.45) is 11.8 Å². The number of aryl methyl sites for hydroxylation is 1. The number of nitrogens with zero attached hydrogens (tertiary/aromatic N) is 4. The van der Waals surface area contributed by atoms with E-state index < -0.39 is 0 Å². The Hall–Kier alpha value is -1.65. The van der Waals surface area contributed by atoms with Gasteiger partial charge < -0.3 is 9.80 Å². The van der Waals surface area contributed by atoms with Crippen LogP contribution in [0.15, 0.2) is 0 Å². The summed E-state index contributed by atoms with van der Waals surface area (Å²) in [7, 11) is 0. The molecule has 152 valence electrons. The fourth-order valence-electron chi connectivity index (χ4n) is 5.52. The maximum absolute atomic E-state index is 13.2. The summed E-state index contributed by atoms with van der Waals surface area (Å²) in [6, 6.07) is 0.0792. The van der Waals surface area contributed by atoms with Crippen molar-refractivity contribution in [1.82, 2.24) is 14.9 Å². The highest BCUT2D eigenvalue weighted by molar-refractivity contribution is 5.79. The van der Waals surface area contributed by atoms with E-state index in [-0.39, 0.29) is 12.0 Å². The first-order valence-corrected chi connectivity index (χ1v) is 11.6. The summed E-state index contributed by atoms with van der Waals surface area (Å²) in [5.74, 6) is 3.56. The van der Waals surface area contributed by atoms with Gasteiger partial charge in [0.2, 0.25) is 5.91 Å². The Labute approximate surface area is 168 Å². The molecule has 0 unspecified atom stereocenters. The molecular formula is C23H34N4O. The Kier molecular flexibility index (Phi) is 5.02. The Balaban J connectivity index is 1.45. The van der Waals surface area contributed by atoms with Crippen LogP contribution in [-0.4, -0.2) is 40.4 Å². The molecular weight excluding hydrogens is 348 g/mol. The molecule has 5 rings (SSSR count). The van der Waals surface area contributed by atoms with Crippen molar-refractivity contribution in [2.45, 2.75) is 83.6 Å². The van der Waals surface area contributed by atoms with E-state index in [0.717, 1.165) is 69.2 Å². The highest BCUT2D eigenvalue weighted by Crippen LogP contribution is 2.38. The van der Waals surface area contributed by atoms with Crippen molar-refractivity contribution in [3.05, 3.63) is 17.1 Å². The molecule has 1 atom stereocenters. The first-order valence-electron chi connectivity index (χ1n) is 11.6. The third kappa shape index (κ3) is 3.53. The van der Waals surface area contributed by atoms with Crippen LogP contribution in [0.1, 0.15) is 87.3 Å². The van der Waals surface area contributed by atoms with Gasteiger partial charge in [0, 0.05) is 36.8 Å². The van der Waals surface area contributed by atoms with Crippen LogP contribution in [0.3, 0.4) is 0 Å². The lowest BCUT2D eigenvalue weighted by molar-refractivity contribution is -0.139. The minimum atomic E-state index is 0.0792. The Morgan fingerprint density at radius 2 is 1.75 bits per heavy atom. The van der Waals surface area contributed by atoms with Gasteiger partial charge in [-0.05, 0) is 70.6 Å². The molecule has 3 fully saturated rings. The van der Waals surface area contributed by atoms with Gasteiger partial charge in [-0.15, -0.1) is 0 Å². The smallest absolute Gasteiger partial charge is 0.226 e. The molecule has 4 aliphatic rings. The van der Waals surface area contributed by atoms with E-state index >= 15 is 0 Å². The van der Waals surface area contributed by atoms with Gasteiger partial charge in [-0.3, -0.25) is 4.79 Å². The van der Waals surface area contributed by atoms with E-state index in [1.54, 1.807) is 0 Å². The van der Waals surface area contributed by atoms with Crippen molar-refractivity contribution < 1.29 is 4.79 Å². The molecule has 3 heterocycles. The number of likely N-dealkylation sites (tertiary alicyclic amines) is 1. The van der Waals surface area contributed by atoms with Gasteiger partial charge in [-0.25, -0.2) is 9.97 Å². The van der Waals surface area contributed by atoms with E-state index in [1.807, 2.05) is 0 Å². The van der Waals surface area contributed by atoms with Crippen LogP contribution in [0.4, 0.5) is 5.82 Å². The molecule has 5 heteroatoms. The molecule has 0 radical (unpaired) electrons. The van der Waals surface area contributed by atoms with Gasteiger partial charge in [-0.2, -0.15) is 0 Å². The molecule has 5 nitrogen and oxygen atoms in total. The van der Waals surface area contributed by atoms with Gasteiger partial charge in [0.15, 0.2) is 5.82 Å². The fourth-order valence-corrected chi connectivity index (χ4v) is 5.52. The van der Waals surface area contributed by atoms with Crippen LogP contribution < -0.4 is 4.90 Å². The van der Waals surface area contributed by atoms with Gasteiger partial charge in [0.1, 0.15) is 5.82 Å². The van der Waals surface area contributed by atoms with E-state index in [0.29, 0.717) is 5.91 Å². The number of fused-ring (bicyclic) bond motifs is 1. The topological polar surface area (TPSA) is 49.3 Å². The number of hydrogen-bond donors (Lipinski definition) is 0. The maximum Gasteiger partial charge on any atom is 0.226 e. The monoisotopic (exact) mass is 382 g/mol. The second-order valence-corrected chi connectivity index (χ2v) is 9.49. The fraction of sp³-hybridized carbons (Fsp3) is 0.783. The summed E-state index contributed by atoms with van der Waals surface area (Å²) in [5, 5.41) is 0. The second kappa shape index (κ2) is 7.64. The number of rotatable bonds is 4. The third-order valence-corrected chi connectivity index (χ3v) is 7.33. The molecule has 0 spiro atoms. The molecule has 1 aromatic rings. The van der Waals surface area contributed by atoms with Crippen LogP contribution in [0.25, 0.3) is 0 Å². The predicted molar refractivity (Wildman–Crippen MR) is 110 cm³/mol. The van der Waals surface area contributed by atoms with Crippen molar-refractivity contribution in [3.8, 4) is 0 Å². The standard InChI is InChI=1S/C23H34N4O/c1-16-19-9-6-13-26(15-17-11-12-17)22(19)25-21(24-16)20-10-4-5-14-27(20)23(28)18-7-2-3-8-18/h17-18,20H,2-15H2,1H3/t20-/m1/s1. The molecule has 1 aromatic heterocycles. The molecule has 1 saturated heterocycles. The first kappa shape index (κ1) is 18.4. The molecule has 28 heavy (non-hydrogen) atoms. The van der Waals surface area contributed by atoms with Crippen molar-refractivity contribution >= 4 is 11.7 Å². The lowest BCUT2D eigenvalue weighted by Crippen LogP contribution is -2.42. The van der Waals surface area contributed by atoms with E-state index in [1.165, 1.54) is 49.9 Å². The number of piperidine rings is 1. The van der Waals surface area contributed by atoms with Gasteiger partial charge in [0.25, 0.3) is 0 Å². The quantitative estimate of drug-likeness (QED) is 0.783. The average Bonchev–Trinajstić information content (AvgIpc) is 3.36. The highest BCUT2D eigenvalue weighted by Gasteiger charge is 2.36. The molecule has 2 aliphatic heterocycles. The Morgan fingerprint density at radius 3 is 2.54 bits per heavy atom. The van der Waals surface area contributed by atoms with Crippen molar-refractivity contribution in [2.75, 3.05) is 24.5 Å². The molecule has 2 saturated carbocycles. The Bertz CT molecular complexity index is 738. The van der Waals surface area contributed by atoms with E-state index in [2.05, 4.69) is 16.7 Å². The molecule has 2 aliphatic carbocycles. The first-order chi connectivity index (χ1) is 13.7. The van der Waals surface area contributed by atoms with Crippen LogP contribution >= 0.6 is 0 Å². The number of carbonyl (C=O) groups is 1. The number of amides is 1. The van der Waals surface area contributed by atoms with Crippen LogP contribution in [-0.2, 0) is 11.2 Å². The SMILES string of the molecule is Cc1nc([C@H]2CCCCN2C(=O)C2CCCC2)nc2c1CCCN2CC1CC1. The number of aromatic nitrogens is 2. The summed E-state index contributed by atoms with van der Waals surface area (Å²) in [5.41, 5.74) is 2.49. The largest absolute Gasteiger partial charge is 0.356 e. The summed E-state index contributed by atoms with van der Waals surface area (Å²) < 4.78 is 0. The maximum atomic E-state index is 13.2. The zero-order valence-electron chi connectivity index (χ0n) is 17.3. The lowest BCUT2D eigenvalue weighted by atomic mass is 9.97. The van der Waals surface area contributed by atoms with E-state index in [4.69, 9.17) is 9.97 Å². The summed E-state index contributed by atoms with van der Waals surface area (Å²) in [6.07, 6.45) is 12.9. The molecule has 0 aromatic carbocycles. The van der Waals surface area contributed by atoms with Crippen LogP contribution in [0, 0.1) is 18.8 Å². The predicted octanol–water partition coefficient (Wildman–Crippen LogP) is 4.19. The molecule has 0 bridgehead atoms. The zero-order valence-corrected chi connectivity index (χ0v) is 17.3. The van der Waals surface area contributed by atoms with Gasteiger partial charge >= 0.3 is 0 Å². The minimum Gasteiger partial charge on any atom is -0.356 e. The summed E-state index contributed by atoms with van der Waals surface area (Å²) >= 11 is 0. The minimum absolute atomic E-state index is 0.0792. The molecule has 0 N–H and O–H groups in total. The van der Waals surface area contributed by atoms with Crippen molar-refractivity contribution in [3.63, 3.8) is 0 Å². The van der Waals surface area contributed by atoms with Crippen LogP contribution in [0.5, 0.6) is 0 Å². The Morgan fingerprint density at radius 1 is 0.964 bits per heavy atom. The van der Waals surface area contributed by atoms with Gasteiger partial charge in [-0.1, -0.05) is 12.8 Å². The van der Waals surface area contributed by atoms with Gasteiger partial charge in [0.05, 0.1) is 6.04 Å². The van der Waals surface area contributed by atoms with E-state index in [9.17, 15) is 4.79 Å². The normalized spacial score (nSPS) is 25.8. The molecule has 1 amide bonds. The summed E-state index contributed by atoms with van der Waals surface area (Å²) in [4.78, 5) is 28.0. The summed E-state index contributed by atoms with van der Waals surface area (Å²) in [6.45, 7) is 5.30. The second-order valence-electron chi connectivity index (χ2n) is 9.49. The third-order valence-electron chi connectivity index (χ3n) is 7.33. The zero-order chi connectivity index (χ0) is 19.1. The highest BCUT2D eigenvalue weighted by atomic mass is 16.2. The van der Waals surface area contributed by atoms with Crippen LogP contribution in [0.2, 0.25) is 0 Å². The number of hydrogen-bond acceptors (Lipinski definition) is 4. The number of carbonyl (C=O) groups excluding carboxylic acids is 1.